The van der Waals surface area contributed by atoms with Crippen molar-refractivity contribution in [3.8, 4) is 11.9 Å². The maximum atomic E-state index is 12.6. The normalized spacial score (nSPS) is 11.8. The van der Waals surface area contributed by atoms with Crippen LogP contribution in [0.25, 0.3) is 11.9 Å². The lowest BCUT2D eigenvalue weighted by atomic mass is 10.4. The molecule has 21 heavy (non-hydrogen) atoms. The van der Waals surface area contributed by atoms with Crippen LogP contribution in [-0.2, 0) is 6.18 Å². The van der Waals surface area contributed by atoms with Gasteiger partial charge in [0.25, 0.3) is 11.9 Å². The molecular weight excluding hydrogens is 289 g/mol. The molecule has 11 heteroatoms. The summed E-state index contributed by atoms with van der Waals surface area (Å²) in [7, 11) is 0. The summed E-state index contributed by atoms with van der Waals surface area (Å²) in [5.74, 6) is -0.218. The Labute approximate surface area is 115 Å². The van der Waals surface area contributed by atoms with E-state index in [1.165, 1.54) is 10.9 Å². The Balaban J connectivity index is 2.05. The first-order valence-corrected chi connectivity index (χ1v) is 5.57. The first-order valence-electron chi connectivity index (χ1n) is 5.57. The molecule has 0 fully saturated rings. The lowest BCUT2D eigenvalue weighted by Gasteiger charge is -2.04. The number of aromatic nitrogens is 7. The van der Waals surface area contributed by atoms with Crippen LogP contribution in [0.5, 0.6) is 0 Å². The number of halogens is 3. The van der Waals surface area contributed by atoms with Gasteiger partial charge in [0, 0.05) is 18.6 Å². The lowest BCUT2D eigenvalue weighted by molar-refractivity contribution is -0.137. The molecule has 0 spiro atoms. The van der Waals surface area contributed by atoms with Crippen molar-refractivity contribution >= 4 is 5.95 Å². The van der Waals surface area contributed by atoms with Gasteiger partial charge in [0.2, 0.25) is 5.95 Å². The van der Waals surface area contributed by atoms with Gasteiger partial charge in [-0.3, -0.25) is 0 Å². The van der Waals surface area contributed by atoms with Gasteiger partial charge in [0.15, 0.2) is 0 Å². The van der Waals surface area contributed by atoms with E-state index in [-0.39, 0.29) is 17.8 Å². The van der Waals surface area contributed by atoms with Crippen molar-refractivity contribution in [2.45, 2.75) is 6.18 Å². The topological polar surface area (TPSA) is 100 Å². The molecule has 0 amide bonds. The van der Waals surface area contributed by atoms with E-state index in [9.17, 15) is 13.2 Å². The summed E-state index contributed by atoms with van der Waals surface area (Å²) in [6, 6.07) is 1.63. The van der Waals surface area contributed by atoms with Crippen molar-refractivity contribution in [2.75, 3.05) is 5.73 Å². The quantitative estimate of drug-likeness (QED) is 0.752. The number of alkyl halides is 3. The van der Waals surface area contributed by atoms with Crippen LogP contribution in [0.15, 0.2) is 30.9 Å². The van der Waals surface area contributed by atoms with E-state index in [1.807, 2.05) is 0 Å². The molecule has 0 aliphatic carbocycles. The smallest absolute Gasteiger partial charge is 0.368 e. The van der Waals surface area contributed by atoms with Crippen molar-refractivity contribution in [3.05, 3.63) is 36.4 Å². The summed E-state index contributed by atoms with van der Waals surface area (Å²) < 4.78 is 39.8. The fourth-order valence-corrected chi connectivity index (χ4v) is 1.54. The molecular formula is C10H7F3N8. The second-order valence-electron chi connectivity index (χ2n) is 3.92. The first kappa shape index (κ1) is 13.0. The average Bonchev–Trinajstić information content (AvgIpc) is 3.09. The Morgan fingerprint density at radius 2 is 1.71 bits per heavy atom. The highest BCUT2D eigenvalue weighted by molar-refractivity contribution is 5.28. The van der Waals surface area contributed by atoms with Crippen molar-refractivity contribution in [2.24, 2.45) is 0 Å². The zero-order valence-corrected chi connectivity index (χ0v) is 10.2. The summed E-state index contributed by atoms with van der Waals surface area (Å²) in [6.45, 7) is 0. The Kier molecular flexibility index (Phi) is 2.82. The van der Waals surface area contributed by atoms with Crippen LogP contribution in [0.2, 0.25) is 0 Å². The number of nitrogen functional groups attached to an aromatic ring is 1. The summed E-state index contributed by atoms with van der Waals surface area (Å²) >= 11 is 0. The van der Waals surface area contributed by atoms with Gasteiger partial charge in [-0.25, -0.2) is 9.36 Å². The van der Waals surface area contributed by atoms with Crippen molar-refractivity contribution in [1.29, 1.82) is 0 Å². The molecule has 0 bridgehead atoms. The van der Waals surface area contributed by atoms with Gasteiger partial charge in [0.1, 0.15) is 0 Å². The van der Waals surface area contributed by atoms with Crippen molar-refractivity contribution < 1.29 is 13.2 Å². The minimum atomic E-state index is -4.50. The van der Waals surface area contributed by atoms with Gasteiger partial charge in [-0.2, -0.15) is 38.3 Å². The van der Waals surface area contributed by atoms with Gasteiger partial charge < -0.3 is 5.73 Å². The molecule has 0 radical (unpaired) electrons. The monoisotopic (exact) mass is 296 g/mol. The summed E-state index contributed by atoms with van der Waals surface area (Å²) in [5, 5.41) is 7.48. The molecule has 3 aromatic rings. The highest BCUT2D eigenvalue weighted by atomic mass is 19.4. The summed E-state index contributed by atoms with van der Waals surface area (Å²) in [4.78, 5) is 11.6. The molecule has 2 N–H and O–H groups in total. The highest BCUT2D eigenvalue weighted by Gasteiger charge is 2.32. The number of nitrogens with two attached hydrogens (primary N) is 1. The molecule has 0 aliphatic rings. The molecule has 108 valence electrons. The molecule has 0 unspecified atom stereocenters. The number of rotatable bonds is 2. The van der Waals surface area contributed by atoms with Gasteiger partial charge in [-0.1, -0.05) is 0 Å². The van der Waals surface area contributed by atoms with Crippen molar-refractivity contribution in [1.82, 2.24) is 34.5 Å². The summed E-state index contributed by atoms with van der Waals surface area (Å²) in [6.07, 6.45) is -0.00501. The SMILES string of the molecule is Nc1nc(-n2cccn2)nc(-n2cc(C(F)(F)F)cn2)n1. The predicted molar refractivity (Wildman–Crippen MR) is 63.5 cm³/mol. The third-order valence-electron chi connectivity index (χ3n) is 2.45. The van der Waals surface area contributed by atoms with Crippen LogP contribution in [0.1, 0.15) is 5.56 Å². The van der Waals surface area contributed by atoms with E-state index < -0.39 is 11.7 Å². The Morgan fingerprint density at radius 1 is 1.00 bits per heavy atom. The molecule has 0 aliphatic heterocycles. The molecule has 0 saturated heterocycles. The minimum absolute atomic E-state index is 0.0755. The van der Waals surface area contributed by atoms with E-state index in [1.54, 1.807) is 12.3 Å². The third-order valence-corrected chi connectivity index (χ3v) is 2.45. The van der Waals surface area contributed by atoms with Crippen LogP contribution in [-0.4, -0.2) is 34.5 Å². The minimum Gasteiger partial charge on any atom is -0.368 e. The van der Waals surface area contributed by atoms with Crippen LogP contribution in [0.3, 0.4) is 0 Å². The summed E-state index contributed by atoms with van der Waals surface area (Å²) in [5.41, 5.74) is 4.61. The third kappa shape index (κ3) is 2.52. The Morgan fingerprint density at radius 3 is 2.29 bits per heavy atom. The van der Waals surface area contributed by atoms with Crippen LogP contribution < -0.4 is 5.73 Å². The van der Waals surface area contributed by atoms with E-state index in [0.717, 1.165) is 10.9 Å². The number of hydrogen-bond acceptors (Lipinski definition) is 6. The van der Waals surface area contributed by atoms with Crippen LogP contribution in [0.4, 0.5) is 19.1 Å². The van der Waals surface area contributed by atoms with E-state index in [2.05, 4.69) is 25.1 Å². The fraction of sp³-hybridized carbons (Fsp3) is 0.100. The molecule has 3 heterocycles. The van der Waals surface area contributed by atoms with E-state index >= 15 is 0 Å². The number of hydrogen-bond donors (Lipinski definition) is 1. The van der Waals surface area contributed by atoms with Gasteiger partial charge in [0.05, 0.1) is 11.8 Å². The second-order valence-corrected chi connectivity index (χ2v) is 3.92. The standard InChI is InChI=1S/C10H7F3N8/c11-10(12,13)6-4-16-21(5-6)9-18-7(14)17-8(19-9)20-3-1-2-15-20/h1-5H,(H2,14,17,18,19). The van der Waals surface area contributed by atoms with E-state index in [0.29, 0.717) is 6.20 Å². The molecule has 0 saturated carbocycles. The molecule has 0 aromatic carbocycles. The fourth-order valence-electron chi connectivity index (χ4n) is 1.54. The highest BCUT2D eigenvalue weighted by Crippen LogP contribution is 2.28. The molecule has 3 rings (SSSR count). The second kappa shape index (κ2) is 4.54. The van der Waals surface area contributed by atoms with Crippen LogP contribution >= 0.6 is 0 Å². The Hall–Kier alpha value is -2.98. The number of nitrogens with zero attached hydrogens (tertiary/aromatic N) is 7. The maximum absolute atomic E-state index is 12.6. The maximum Gasteiger partial charge on any atom is 0.419 e. The van der Waals surface area contributed by atoms with Crippen LogP contribution in [0, 0.1) is 0 Å². The predicted octanol–water partition coefficient (Wildman–Crippen LogP) is 0.844. The molecule has 8 nitrogen and oxygen atoms in total. The van der Waals surface area contributed by atoms with E-state index in [4.69, 9.17) is 5.73 Å². The van der Waals surface area contributed by atoms with Gasteiger partial charge in [-0.05, 0) is 6.07 Å². The molecule has 3 aromatic heterocycles. The molecule has 0 atom stereocenters. The van der Waals surface area contributed by atoms with Gasteiger partial charge in [-0.15, -0.1) is 0 Å². The zero-order valence-electron chi connectivity index (χ0n) is 10.2. The lowest BCUT2D eigenvalue weighted by Crippen LogP contribution is -2.12. The number of anilines is 1. The van der Waals surface area contributed by atoms with Crippen molar-refractivity contribution in [3.63, 3.8) is 0 Å². The average molecular weight is 296 g/mol. The first-order chi connectivity index (χ1) is 9.93. The Bertz CT molecular complexity index is 761. The zero-order chi connectivity index (χ0) is 15.0. The largest absolute Gasteiger partial charge is 0.419 e. The van der Waals surface area contributed by atoms with Gasteiger partial charge >= 0.3 is 6.18 Å².